The zero-order valence-electron chi connectivity index (χ0n) is 16.4. The molecular weight excluding hydrogens is 428 g/mol. The van der Waals surface area contributed by atoms with Gasteiger partial charge in [0.1, 0.15) is 17.8 Å². The third-order valence-corrected chi connectivity index (χ3v) is 7.28. The van der Waals surface area contributed by atoms with Gasteiger partial charge in [0.2, 0.25) is 5.60 Å². The quantitative estimate of drug-likeness (QED) is 0.648. The van der Waals surface area contributed by atoms with Gasteiger partial charge in [-0.1, -0.05) is 11.8 Å². The topological polar surface area (TPSA) is 106 Å². The molecule has 31 heavy (non-hydrogen) atoms. The molecule has 1 spiro atoms. The number of ether oxygens (including phenoxy) is 1. The second-order valence-electron chi connectivity index (χ2n) is 8.11. The van der Waals surface area contributed by atoms with Crippen molar-refractivity contribution in [3.8, 4) is 28.8 Å². The van der Waals surface area contributed by atoms with E-state index < -0.39 is 35.2 Å². The Hall–Kier alpha value is -3.03. The maximum atomic E-state index is 14.3. The number of carbonyl (C=O) groups excluding carboxylic acids is 2. The van der Waals surface area contributed by atoms with E-state index in [0.717, 1.165) is 11.3 Å². The number of halogens is 2. The summed E-state index contributed by atoms with van der Waals surface area (Å²) < 4.78 is 34.4. The van der Waals surface area contributed by atoms with E-state index >= 15 is 0 Å². The smallest absolute Gasteiger partial charge is 0.277 e. The Morgan fingerprint density at radius 3 is 2.77 bits per heavy atom. The lowest BCUT2D eigenvalue weighted by atomic mass is 9.99. The van der Waals surface area contributed by atoms with E-state index in [1.807, 2.05) is 0 Å². The van der Waals surface area contributed by atoms with E-state index in [9.17, 15) is 23.5 Å². The molecule has 1 aromatic heterocycles. The van der Waals surface area contributed by atoms with Crippen molar-refractivity contribution in [1.29, 1.82) is 0 Å². The molecule has 7 nitrogen and oxygen atoms in total. The Labute approximate surface area is 179 Å². The molecule has 1 saturated carbocycles. The van der Waals surface area contributed by atoms with Gasteiger partial charge in [0.05, 0.1) is 5.69 Å². The highest BCUT2D eigenvalue weighted by atomic mass is 32.1. The van der Waals surface area contributed by atoms with Crippen molar-refractivity contribution in [2.45, 2.75) is 29.8 Å². The molecule has 2 atom stereocenters. The Bertz CT molecular complexity index is 1220. The van der Waals surface area contributed by atoms with Crippen LogP contribution in [-0.2, 0) is 10.2 Å². The summed E-state index contributed by atoms with van der Waals surface area (Å²) in [6.07, 6.45) is -0.199. The second kappa shape index (κ2) is 6.24. The molecule has 160 valence electrons. The summed E-state index contributed by atoms with van der Waals surface area (Å²) in [6, 6.07) is 4.79. The normalized spacial score (nSPS) is 27.6. The van der Waals surface area contributed by atoms with Crippen LogP contribution in [0.5, 0.6) is 5.75 Å². The van der Waals surface area contributed by atoms with Gasteiger partial charge < -0.3 is 20.5 Å². The lowest BCUT2D eigenvalue weighted by Crippen LogP contribution is -2.37. The van der Waals surface area contributed by atoms with Gasteiger partial charge in [-0.25, -0.2) is 13.8 Å². The molecular formula is C21H17F2N3O4S. The minimum Gasteiger partial charge on any atom is -0.492 e. The van der Waals surface area contributed by atoms with Crippen molar-refractivity contribution in [2.75, 3.05) is 20.2 Å². The molecule has 3 heterocycles. The molecule has 1 unspecified atom stereocenters. The number of amides is 2. The number of alkyl halides is 2. The SMILES string of the molecule is CN1CC[C@@](O)(C#Cc2ccc3c(c2)-c2nc(C(N)=O)sc2C2(CO3)CC2(F)F)C1=O. The molecule has 2 amide bonds. The first-order valence-electron chi connectivity index (χ1n) is 9.54. The highest BCUT2D eigenvalue weighted by molar-refractivity contribution is 7.14. The lowest BCUT2D eigenvalue weighted by molar-refractivity contribution is -0.137. The third kappa shape index (κ3) is 2.84. The summed E-state index contributed by atoms with van der Waals surface area (Å²) in [5.74, 6) is 1.53. The van der Waals surface area contributed by atoms with Crippen molar-refractivity contribution < 1.29 is 28.2 Å². The van der Waals surface area contributed by atoms with Crippen LogP contribution in [0.25, 0.3) is 11.3 Å². The summed E-state index contributed by atoms with van der Waals surface area (Å²) in [4.78, 5) is 29.7. The van der Waals surface area contributed by atoms with Crippen molar-refractivity contribution in [3.63, 3.8) is 0 Å². The minimum atomic E-state index is -2.97. The second-order valence-corrected chi connectivity index (χ2v) is 9.11. The molecule has 2 aromatic rings. The number of carbonyl (C=O) groups is 2. The van der Waals surface area contributed by atoms with Crippen molar-refractivity contribution in [2.24, 2.45) is 5.73 Å². The van der Waals surface area contributed by atoms with Gasteiger partial charge in [-0.15, -0.1) is 11.3 Å². The molecule has 3 aliphatic rings. The molecule has 0 radical (unpaired) electrons. The first kappa shape index (κ1) is 19.9. The molecule has 0 bridgehead atoms. The van der Waals surface area contributed by atoms with Crippen LogP contribution in [0.2, 0.25) is 0 Å². The predicted molar refractivity (Wildman–Crippen MR) is 107 cm³/mol. The first-order chi connectivity index (χ1) is 14.6. The number of hydrogen-bond donors (Lipinski definition) is 2. The molecule has 2 fully saturated rings. The average Bonchev–Trinajstić information content (AvgIpc) is 3.00. The molecule has 1 aromatic carbocycles. The van der Waals surface area contributed by atoms with E-state index in [1.54, 1.807) is 25.2 Å². The third-order valence-electron chi connectivity index (χ3n) is 6.00. The molecule has 3 N–H and O–H groups in total. The van der Waals surface area contributed by atoms with Crippen molar-refractivity contribution >= 4 is 23.2 Å². The van der Waals surface area contributed by atoms with Gasteiger partial charge >= 0.3 is 0 Å². The predicted octanol–water partition coefficient (Wildman–Crippen LogP) is 1.52. The summed E-state index contributed by atoms with van der Waals surface area (Å²) in [6.45, 7) is 0.155. The lowest BCUT2D eigenvalue weighted by Gasteiger charge is -2.13. The zero-order chi connectivity index (χ0) is 22.2. The highest BCUT2D eigenvalue weighted by Gasteiger charge is 2.74. The number of thiazole rings is 1. The number of hydrogen-bond acceptors (Lipinski definition) is 6. The molecule has 10 heteroatoms. The van der Waals surface area contributed by atoms with E-state index in [2.05, 4.69) is 16.8 Å². The van der Waals surface area contributed by atoms with Crippen molar-refractivity contribution in [3.05, 3.63) is 33.6 Å². The van der Waals surface area contributed by atoms with Crippen LogP contribution in [0.4, 0.5) is 8.78 Å². The number of aliphatic hydroxyl groups is 1. The fraction of sp³-hybridized carbons (Fsp3) is 0.381. The summed E-state index contributed by atoms with van der Waals surface area (Å²) in [5.41, 5.74) is 3.13. The van der Waals surface area contributed by atoms with Crippen LogP contribution < -0.4 is 10.5 Å². The van der Waals surface area contributed by atoms with Gasteiger partial charge in [-0.05, 0) is 18.2 Å². The summed E-state index contributed by atoms with van der Waals surface area (Å²) in [5, 5.41) is 10.4. The zero-order valence-corrected chi connectivity index (χ0v) is 17.2. The van der Waals surface area contributed by atoms with Gasteiger partial charge in [-0.2, -0.15) is 0 Å². The number of likely N-dealkylation sites (tertiary alicyclic amines) is 1. The van der Waals surface area contributed by atoms with E-state index in [4.69, 9.17) is 10.5 Å². The number of primary amides is 1. The van der Waals surface area contributed by atoms with Gasteiger partial charge in [0, 0.05) is 42.4 Å². The van der Waals surface area contributed by atoms with Crippen LogP contribution in [-0.4, -0.2) is 58.5 Å². The summed E-state index contributed by atoms with van der Waals surface area (Å²) >= 11 is 0.860. The largest absolute Gasteiger partial charge is 0.492 e. The fourth-order valence-electron chi connectivity index (χ4n) is 4.00. The number of benzene rings is 1. The van der Waals surface area contributed by atoms with E-state index in [-0.39, 0.29) is 28.6 Å². The van der Waals surface area contributed by atoms with E-state index in [1.165, 1.54) is 4.90 Å². The number of likely N-dealkylation sites (N-methyl/N-ethyl adjacent to an activating group) is 1. The fourth-order valence-corrected chi connectivity index (χ4v) is 5.16. The van der Waals surface area contributed by atoms with Gasteiger partial charge in [0.25, 0.3) is 17.7 Å². The molecule has 1 aliphatic carbocycles. The number of fused-ring (bicyclic) bond motifs is 4. The Balaban J connectivity index is 1.60. The van der Waals surface area contributed by atoms with Crippen LogP contribution in [0.3, 0.4) is 0 Å². The number of rotatable bonds is 1. The molecule has 2 aliphatic heterocycles. The maximum Gasteiger partial charge on any atom is 0.277 e. The van der Waals surface area contributed by atoms with Crippen LogP contribution in [0.15, 0.2) is 18.2 Å². The van der Waals surface area contributed by atoms with Crippen LogP contribution in [0.1, 0.15) is 33.1 Å². The Morgan fingerprint density at radius 1 is 1.42 bits per heavy atom. The van der Waals surface area contributed by atoms with Crippen LogP contribution >= 0.6 is 11.3 Å². The minimum absolute atomic E-state index is 0.0506. The van der Waals surface area contributed by atoms with E-state index in [0.29, 0.717) is 23.4 Å². The van der Waals surface area contributed by atoms with Gasteiger partial charge in [-0.3, -0.25) is 9.59 Å². The molecule has 1 saturated heterocycles. The number of nitrogens with zero attached hydrogens (tertiary/aromatic N) is 2. The first-order valence-corrected chi connectivity index (χ1v) is 10.4. The Kier molecular flexibility index (Phi) is 4.01. The Morgan fingerprint density at radius 2 is 2.16 bits per heavy atom. The maximum absolute atomic E-state index is 14.3. The van der Waals surface area contributed by atoms with Crippen LogP contribution in [0, 0.1) is 11.8 Å². The van der Waals surface area contributed by atoms with Gasteiger partial charge in [0.15, 0.2) is 5.01 Å². The standard InChI is InChI=1S/C21H17F2N3O4S/c1-26-7-6-20(29,18(26)28)5-4-11-2-3-13-12(8-11)14-15(31-17(25-14)16(24)27)19(10-30-13)9-21(19,22)23/h2-3,8,29H,6-7,9-10H2,1H3,(H2,24,27)/t19?,20-/m0/s1. The summed E-state index contributed by atoms with van der Waals surface area (Å²) in [7, 11) is 1.59. The highest BCUT2D eigenvalue weighted by Crippen LogP contribution is 2.65. The molecule has 5 rings (SSSR count). The van der Waals surface area contributed by atoms with Crippen molar-refractivity contribution in [1.82, 2.24) is 9.88 Å². The average molecular weight is 445 g/mol. The number of aromatic nitrogens is 1. The number of nitrogens with two attached hydrogens (primary N) is 1. The monoisotopic (exact) mass is 445 g/mol.